The van der Waals surface area contributed by atoms with Crippen LogP contribution in [0.1, 0.15) is 13.3 Å². The van der Waals surface area contributed by atoms with E-state index in [0.29, 0.717) is 5.11 Å². The summed E-state index contributed by atoms with van der Waals surface area (Å²) < 4.78 is 0. The van der Waals surface area contributed by atoms with Gasteiger partial charge < -0.3 is 16.0 Å². The zero-order valence-electron chi connectivity index (χ0n) is 7.26. The Labute approximate surface area is 73.9 Å². The van der Waals surface area contributed by atoms with Gasteiger partial charge in [-0.25, -0.2) is 0 Å². The Morgan fingerprint density at radius 2 is 2.27 bits per heavy atom. The number of hydrogen-bond donors (Lipinski definition) is 2. The molecular formula is C7H17N3S. The van der Waals surface area contributed by atoms with E-state index in [9.17, 15) is 0 Å². The second-order valence-corrected chi connectivity index (χ2v) is 2.98. The molecule has 0 heterocycles. The molecule has 66 valence electrons. The molecule has 0 aliphatic heterocycles. The fourth-order valence-corrected chi connectivity index (χ4v) is 0.821. The van der Waals surface area contributed by atoms with Crippen LogP contribution in [0.2, 0.25) is 0 Å². The standard InChI is InChI=1S/C7H17N3S/c1-3-10(2)6-4-5-9-7(8)11/h3-6H2,1-2H3,(H3,8,9,11). The lowest BCUT2D eigenvalue weighted by atomic mass is 10.4. The van der Waals surface area contributed by atoms with Crippen LogP contribution in [0.25, 0.3) is 0 Å². The van der Waals surface area contributed by atoms with Crippen LogP contribution < -0.4 is 11.1 Å². The maximum absolute atomic E-state index is 5.25. The van der Waals surface area contributed by atoms with Gasteiger partial charge in [-0.1, -0.05) is 6.92 Å². The average molecular weight is 175 g/mol. The maximum atomic E-state index is 5.25. The number of thiocarbonyl (C=S) groups is 1. The molecule has 4 heteroatoms. The van der Waals surface area contributed by atoms with Crippen LogP contribution in [-0.4, -0.2) is 36.7 Å². The molecule has 0 saturated heterocycles. The molecule has 0 aliphatic carbocycles. The fraction of sp³-hybridized carbons (Fsp3) is 0.857. The van der Waals surface area contributed by atoms with Crippen molar-refractivity contribution in [2.24, 2.45) is 5.73 Å². The van der Waals surface area contributed by atoms with E-state index in [4.69, 9.17) is 5.73 Å². The van der Waals surface area contributed by atoms with E-state index in [0.717, 1.165) is 26.1 Å². The maximum Gasteiger partial charge on any atom is 0.163 e. The number of rotatable bonds is 5. The molecular weight excluding hydrogens is 158 g/mol. The second kappa shape index (κ2) is 6.37. The van der Waals surface area contributed by atoms with E-state index < -0.39 is 0 Å². The normalized spacial score (nSPS) is 10.1. The quantitative estimate of drug-likeness (QED) is 0.461. The van der Waals surface area contributed by atoms with Gasteiger partial charge in [-0.15, -0.1) is 0 Å². The van der Waals surface area contributed by atoms with Gasteiger partial charge in [0.05, 0.1) is 0 Å². The SMILES string of the molecule is CCN(C)CCCNC(N)=S. The Balaban J connectivity index is 3.08. The van der Waals surface area contributed by atoms with Gasteiger partial charge in [0.15, 0.2) is 5.11 Å². The van der Waals surface area contributed by atoms with Crippen molar-refractivity contribution >= 4 is 17.3 Å². The Morgan fingerprint density at radius 1 is 1.64 bits per heavy atom. The summed E-state index contributed by atoms with van der Waals surface area (Å²) in [6.45, 7) is 5.19. The van der Waals surface area contributed by atoms with E-state index in [2.05, 4.69) is 36.4 Å². The molecule has 0 aromatic rings. The summed E-state index contributed by atoms with van der Waals surface area (Å²) >= 11 is 4.66. The van der Waals surface area contributed by atoms with Crippen LogP contribution in [0.5, 0.6) is 0 Å². The molecule has 3 N–H and O–H groups in total. The molecule has 11 heavy (non-hydrogen) atoms. The molecule has 0 atom stereocenters. The van der Waals surface area contributed by atoms with Crippen molar-refractivity contribution in [3.05, 3.63) is 0 Å². The molecule has 0 aromatic carbocycles. The minimum absolute atomic E-state index is 0.393. The van der Waals surface area contributed by atoms with E-state index in [1.807, 2.05) is 0 Å². The first kappa shape index (κ1) is 10.7. The lowest BCUT2D eigenvalue weighted by molar-refractivity contribution is 0.347. The van der Waals surface area contributed by atoms with E-state index in [1.165, 1.54) is 0 Å². The monoisotopic (exact) mass is 175 g/mol. The van der Waals surface area contributed by atoms with E-state index >= 15 is 0 Å². The van der Waals surface area contributed by atoms with Gasteiger partial charge in [-0.3, -0.25) is 0 Å². The number of nitrogens with zero attached hydrogens (tertiary/aromatic N) is 1. The lowest BCUT2D eigenvalue weighted by Gasteiger charge is -2.13. The molecule has 0 unspecified atom stereocenters. The lowest BCUT2D eigenvalue weighted by Crippen LogP contribution is -2.31. The number of hydrogen-bond acceptors (Lipinski definition) is 2. The molecule has 0 radical (unpaired) electrons. The van der Waals surface area contributed by atoms with E-state index in [-0.39, 0.29) is 0 Å². The molecule has 0 fully saturated rings. The summed E-state index contributed by atoms with van der Waals surface area (Å²) in [6.07, 6.45) is 1.08. The first-order valence-electron chi connectivity index (χ1n) is 3.88. The third-order valence-electron chi connectivity index (χ3n) is 1.56. The topological polar surface area (TPSA) is 41.3 Å². The van der Waals surface area contributed by atoms with Gasteiger partial charge in [-0.2, -0.15) is 0 Å². The van der Waals surface area contributed by atoms with Gasteiger partial charge in [0.1, 0.15) is 0 Å². The Kier molecular flexibility index (Phi) is 6.16. The van der Waals surface area contributed by atoms with Crippen molar-refractivity contribution in [1.82, 2.24) is 10.2 Å². The molecule has 0 rings (SSSR count). The van der Waals surface area contributed by atoms with Crippen LogP contribution in [-0.2, 0) is 0 Å². The van der Waals surface area contributed by atoms with Gasteiger partial charge in [-0.05, 0) is 38.8 Å². The molecule has 0 bridgehead atoms. The Hall–Kier alpha value is -0.350. The van der Waals surface area contributed by atoms with Gasteiger partial charge >= 0.3 is 0 Å². The Morgan fingerprint density at radius 3 is 2.73 bits per heavy atom. The highest BCUT2D eigenvalue weighted by Crippen LogP contribution is 1.83. The average Bonchev–Trinajstić information content (AvgIpc) is 1.97. The molecule has 0 saturated carbocycles. The van der Waals surface area contributed by atoms with Crippen molar-refractivity contribution in [3.63, 3.8) is 0 Å². The zero-order valence-corrected chi connectivity index (χ0v) is 8.08. The van der Waals surface area contributed by atoms with Crippen LogP contribution in [0.4, 0.5) is 0 Å². The van der Waals surface area contributed by atoms with Crippen molar-refractivity contribution in [2.45, 2.75) is 13.3 Å². The largest absolute Gasteiger partial charge is 0.376 e. The molecule has 0 aromatic heterocycles. The first-order chi connectivity index (χ1) is 5.16. The highest BCUT2D eigenvalue weighted by Gasteiger charge is 1.93. The number of nitrogens with two attached hydrogens (primary N) is 1. The van der Waals surface area contributed by atoms with Crippen molar-refractivity contribution in [1.29, 1.82) is 0 Å². The van der Waals surface area contributed by atoms with Crippen molar-refractivity contribution in [3.8, 4) is 0 Å². The van der Waals surface area contributed by atoms with Crippen LogP contribution >= 0.6 is 12.2 Å². The molecule has 0 spiro atoms. The summed E-state index contributed by atoms with van der Waals surface area (Å²) in [4.78, 5) is 2.25. The van der Waals surface area contributed by atoms with E-state index in [1.54, 1.807) is 0 Å². The van der Waals surface area contributed by atoms with Crippen molar-refractivity contribution in [2.75, 3.05) is 26.7 Å². The first-order valence-corrected chi connectivity index (χ1v) is 4.29. The minimum atomic E-state index is 0.393. The van der Waals surface area contributed by atoms with Gasteiger partial charge in [0, 0.05) is 6.54 Å². The highest BCUT2D eigenvalue weighted by atomic mass is 32.1. The predicted octanol–water partition coefficient (Wildman–Crippen LogP) is 0.161. The number of nitrogens with one attached hydrogen (secondary N) is 1. The molecule has 3 nitrogen and oxygen atoms in total. The smallest absolute Gasteiger partial charge is 0.163 e. The third-order valence-corrected chi connectivity index (χ3v) is 1.70. The highest BCUT2D eigenvalue weighted by molar-refractivity contribution is 7.80. The van der Waals surface area contributed by atoms with Crippen LogP contribution in [0.15, 0.2) is 0 Å². The van der Waals surface area contributed by atoms with Gasteiger partial charge in [0.2, 0.25) is 0 Å². The van der Waals surface area contributed by atoms with Crippen molar-refractivity contribution < 1.29 is 0 Å². The minimum Gasteiger partial charge on any atom is -0.376 e. The third kappa shape index (κ3) is 7.55. The molecule has 0 aliphatic rings. The second-order valence-electron chi connectivity index (χ2n) is 2.54. The predicted molar refractivity (Wildman–Crippen MR) is 52.6 cm³/mol. The van der Waals surface area contributed by atoms with Crippen LogP contribution in [0.3, 0.4) is 0 Å². The fourth-order valence-electron chi connectivity index (χ4n) is 0.719. The summed E-state index contributed by atoms with van der Waals surface area (Å²) in [5, 5.41) is 3.30. The zero-order chi connectivity index (χ0) is 8.69. The Bertz CT molecular complexity index is 116. The summed E-state index contributed by atoms with van der Waals surface area (Å²) in [6, 6.07) is 0. The van der Waals surface area contributed by atoms with Crippen LogP contribution in [0, 0.1) is 0 Å². The summed E-state index contributed by atoms with van der Waals surface area (Å²) in [5.74, 6) is 0. The van der Waals surface area contributed by atoms with Gasteiger partial charge in [0.25, 0.3) is 0 Å². The summed E-state index contributed by atoms with van der Waals surface area (Å²) in [5.41, 5.74) is 5.25. The molecule has 0 amide bonds. The summed E-state index contributed by atoms with van der Waals surface area (Å²) in [7, 11) is 2.10.